The van der Waals surface area contributed by atoms with Crippen LogP contribution in [0.15, 0.2) is 83.8 Å². The Morgan fingerprint density at radius 3 is 1.92 bits per heavy atom. The molecule has 0 fully saturated rings. The maximum Gasteiger partial charge on any atom is 0.335 e. The molecule has 0 heterocycles. The molecule has 0 aliphatic rings. The highest BCUT2D eigenvalue weighted by molar-refractivity contribution is 7.99. The molecule has 0 spiro atoms. The average molecular weight is 507 g/mol. The lowest BCUT2D eigenvalue weighted by atomic mass is 9.96. The van der Waals surface area contributed by atoms with Gasteiger partial charge in [0.05, 0.1) is 10.8 Å². The maximum absolute atomic E-state index is 11.7. The summed E-state index contributed by atoms with van der Waals surface area (Å²) in [6, 6.07) is 24.5. The number of aliphatic carboxylic acids is 1. The van der Waals surface area contributed by atoms with Crippen molar-refractivity contribution in [2.24, 2.45) is 0 Å². The summed E-state index contributed by atoms with van der Waals surface area (Å²) in [5.74, 6) is -2.30. The molecule has 0 saturated heterocycles. The summed E-state index contributed by atoms with van der Waals surface area (Å²) in [5, 5.41) is 28.5. The van der Waals surface area contributed by atoms with Crippen molar-refractivity contribution in [3.8, 4) is 0 Å². The van der Waals surface area contributed by atoms with Crippen molar-refractivity contribution in [1.29, 1.82) is 0 Å². The van der Waals surface area contributed by atoms with Gasteiger partial charge in [0.1, 0.15) is 0 Å². The molecular formula is C30H34O5S. The van der Waals surface area contributed by atoms with Crippen LogP contribution in [-0.2, 0) is 17.6 Å². The lowest BCUT2D eigenvalue weighted by molar-refractivity contribution is -0.146. The first-order chi connectivity index (χ1) is 17.5. The summed E-state index contributed by atoms with van der Waals surface area (Å²) in [6.45, 7) is 0. The van der Waals surface area contributed by atoms with Gasteiger partial charge in [-0.2, -0.15) is 0 Å². The smallest absolute Gasteiger partial charge is 0.335 e. The number of aliphatic hydroxyl groups is 1. The van der Waals surface area contributed by atoms with Crippen molar-refractivity contribution in [1.82, 2.24) is 0 Å². The number of unbranched alkanes of at least 4 members (excludes halogenated alkanes) is 5. The minimum Gasteiger partial charge on any atom is -0.479 e. The van der Waals surface area contributed by atoms with Gasteiger partial charge < -0.3 is 15.3 Å². The Labute approximate surface area is 217 Å². The lowest BCUT2D eigenvalue weighted by Gasteiger charge is -2.23. The highest BCUT2D eigenvalue weighted by Gasteiger charge is 2.30. The highest BCUT2D eigenvalue weighted by atomic mass is 32.2. The van der Waals surface area contributed by atoms with E-state index >= 15 is 0 Å². The average Bonchev–Trinajstić information content (AvgIpc) is 2.89. The number of hydrogen-bond acceptors (Lipinski definition) is 4. The predicted octanol–water partition coefficient (Wildman–Crippen LogP) is 6.79. The van der Waals surface area contributed by atoms with Crippen LogP contribution in [0.1, 0.15) is 70.8 Å². The molecule has 0 saturated carbocycles. The number of hydrogen-bond donors (Lipinski definition) is 3. The predicted molar refractivity (Wildman–Crippen MR) is 144 cm³/mol. The normalized spacial score (nSPS) is 12.7. The topological polar surface area (TPSA) is 94.8 Å². The van der Waals surface area contributed by atoms with E-state index in [4.69, 9.17) is 5.11 Å². The zero-order valence-electron chi connectivity index (χ0n) is 20.4. The SMILES string of the molecule is O=C(O)c1ccc(S[C@@H](c2ccccc2CCCCCCCCc2ccccc2)[C@H](O)C(=O)O)cc1. The summed E-state index contributed by atoms with van der Waals surface area (Å²) < 4.78 is 0. The molecule has 0 aromatic heterocycles. The Morgan fingerprint density at radius 2 is 1.28 bits per heavy atom. The first-order valence-corrected chi connectivity index (χ1v) is 13.4. The van der Waals surface area contributed by atoms with Gasteiger partial charge in [-0.25, -0.2) is 9.59 Å². The number of carboxylic acid groups (broad SMARTS) is 2. The molecule has 0 amide bonds. The molecule has 3 N–H and O–H groups in total. The fourth-order valence-electron chi connectivity index (χ4n) is 4.29. The number of rotatable bonds is 15. The summed E-state index contributed by atoms with van der Waals surface area (Å²) in [6.07, 6.45) is 7.26. The molecule has 0 unspecified atom stereocenters. The van der Waals surface area contributed by atoms with E-state index in [0.29, 0.717) is 4.90 Å². The Hall–Kier alpha value is -3.09. The van der Waals surface area contributed by atoms with E-state index in [-0.39, 0.29) is 5.56 Å². The van der Waals surface area contributed by atoms with Crippen LogP contribution >= 0.6 is 11.8 Å². The van der Waals surface area contributed by atoms with E-state index in [1.807, 2.05) is 30.3 Å². The molecule has 0 aliphatic heterocycles. The van der Waals surface area contributed by atoms with E-state index in [9.17, 15) is 19.8 Å². The van der Waals surface area contributed by atoms with E-state index in [0.717, 1.165) is 36.8 Å². The summed E-state index contributed by atoms with van der Waals surface area (Å²) in [4.78, 5) is 23.5. The first kappa shape index (κ1) is 27.5. The molecule has 0 radical (unpaired) electrons. The van der Waals surface area contributed by atoms with Crippen LogP contribution in [0.2, 0.25) is 0 Å². The van der Waals surface area contributed by atoms with Crippen LogP contribution in [0.5, 0.6) is 0 Å². The van der Waals surface area contributed by atoms with E-state index in [1.165, 1.54) is 55.1 Å². The molecule has 36 heavy (non-hydrogen) atoms. The van der Waals surface area contributed by atoms with Crippen LogP contribution in [0.3, 0.4) is 0 Å². The van der Waals surface area contributed by atoms with E-state index in [1.54, 1.807) is 12.1 Å². The van der Waals surface area contributed by atoms with Crippen molar-refractivity contribution in [2.45, 2.75) is 67.6 Å². The molecule has 5 nitrogen and oxygen atoms in total. The maximum atomic E-state index is 11.7. The van der Waals surface area contributed by atoms with Gasteiger partial charge in [-0.3, -0.25) is 0 Å². The van der Waals surface area contributed by atoms with Gasteiger partial charge >= 0.3 is 11.9 Å². The Balaban J connectivity index is 1.55. The number of aromatic carboxylic acids is 1. The number of carbonyl (C=O) groups is 2. The fraction of sp³-hybridized carbons (Fsp3) is 0.333. The third-order valence-corrected chi connectivity index (χ3v) is 7.58. The first-order valence-electron chi connectivity index (χ1n) is 12.5. The van der Waals surface area contributed by atoms with Gasteiger partial charge in [0.15, 0.2) is 6.10 Å². The summed E-state index contributed by atoms with van der Waals surface area (Å²) in [7, 11) is 0. The summed E-state index contributed by atoms with van der Waals surface area (Å²) in [5.41, 5.74) is 3.40. The molecule has 2 atom stereocenters. The molecule has 3 aromatic carbocycles. The van der Waals surface area contributed by atoms with E-state index in [2.05, 4.69) is 24.3 Å². The van der Waals surface area contributed by atoms with Crippen molar-refractivity contribution in [3.05, 3.63) is 101 Å². The van der Waals surface area contributed by atoms with E-state index < -0.39 is 23.3 Å². The monoisotopic (exact) mass is 506 g/mol. The molecule has 0 bridgehead atoms. The van der Waals surface area contributed by atoms with Crippen LogP contribution in [0, 0.1) is 0 Å². The number of aryl methyl sites for hydroxylation is 2. The Morgan fingerprint density at radius 1 is 0.694 bits per heavy atom. The van der Waals surface area contributed by atoms with Crippen molar-refractivity contribution in [3.63, 3.8) is 0 Å². The minimum atomic E-state index is -1.58. The second-order valence-corrected chi connectivity index (χ2v) is 10.2. The zero-order valence-corrected chi connectivity index (χ0v) is 21.2. The van der Waals surface area contributed by atoms with Crippen LogP contribution in [0.25, 0.3) is 0 Å². The molecular weight excluding hydrogens is 472 g/mol. The largest absolute Gasteiger partial charge is 0.479 e. The van der Waals surface area contributed by atoms with Crippen LogP contribution in [-0.4, -0.2) is 33.4 Å². The van der Waals surface area contributed by atoms with Gasteiger partial charge in [0.2, 0.25) is 0 Å². The summed E-state index contributed by atoms with van der Waals surface area (Å²) >= 11 is 1.24. The van der Waals surface area contributed by atoms with Crippen molar-refractivity contribution < 1.29 is 24.9 Å². The van der Waals surface area contributed by atoms with Crippen molar-refractivity contribution >= 4 is 23.7 Å². The molecule has 0 aliphatic carbocycles. The Bertz CT molecular complexity index is 1100. The van der Waals surface area contributed by atoms with Gasteiger partial charge in [-0.1, -0.05) is 80.3 Å². The van der Waals surface area contributed by atoms with Gasteiger partial charge in [0, 0.05) is 4.90 Å². The number of benzene rings is 3. The number of aliphatic hydroxyl groups excluding tert-OH is 1. The molecule has 6 heteroatoms. The minimum absolute atomic E-state index is 0.162. The highest BCUT2D eigenvalue weighted by Crippen LogP contribution is 2.40. The van der Waals surface area contributed by atoms with Crippen molar-refractivity contribution in [2.75, 3.05) is 0 Å². The van der Waals surface area contributed by atoms with Gasteiger partial charge in [-0.05, 0) is 66.6 Å². The third kappa shape index (κ3) is 8.54. The van der Waals surface area contributed by atoms with Crippen LogP contribution < -0.4 is 0 Å². The number of carboxylic acids is 2. The van der Waals surface area contributed by atoms with Gasteiger partial charge in [0.25, 0.3) is 0 Å². The zero-order chi connectivity index (χ0) is 25.8. The fourth-order valence-corrected chi connectivity index (χ4v) is 5.47. The second-order valence-electron chi connectivity index (χ2n) is 8.96. The lowest BCUT2D eigenvalue weighted by Crippen LogP contribution is -2.26. The Kier molecular flexibility index (Phi) is 11.0. The molecule has 3 rings (SSSR count). The third-order valence-electron chi connectivity index (χ3n) is 6.27. The second kappa shape index (κ2) is 14.5. The molecule has 190 valence electrons. The standard InChI is InChI=1S/C30H34O5S/c31-27(30(34)35)28(36-25-20-18-24(19-21-25)29(32)33)26-17-11-10-16-23(26)15-9-4-2-1-3-6-12-22-13-7-5-8-14-22/h5,7-8,10-11,13-14,16-21,27-28,31H,1-4,6,9,12,15H2,(H,32,33)(H,34,35)/t27-,28-/m0/s1. The molecule has 3 aromatic rings. The van der Waals surface area contributed by atoms with Crippen LogP contribution in [0.4, 0.5) is 0 Å². The van der Waals surface area contributed by atoms with Gasteiger partial charge in [-0.15, -0.1) is 11.8 Å². The number of thioether (sulfide) groups is 1. The quantitative estimate of drug-likeness (QED) is 0.155.